The SMILES string of the molecule is Nc1ccc(Cl)cc1SCCC1CC1. The summed E-state index contributed by atoms with van der Waals surface area (Å²) in [5.74, 6) is 2.15. The van der Waals surface area contributed by atoms with Crippen LogP contribution < -0.4 is 5.73 Å². The van der Waals surface area contributed by atoms with Crippen LogP contribution in [0.4, 0.5) is 5.69 Å². The highest BCUT2D eigenvalue weighted by atomic mass is 35.5. The van der Waals surface area contributed by atoms with Gasteiger partial charge < -0.3 is 5.73 Å². The number of halogens is 1. The summed E-state index contributed by atoms with van der Waals surface area (Å²) >= 11 is 7.72. The van der Waals surface area contributed by atoms with Gasteiger partial charge >= 0.3 is 0 Å². The Labute approximate surface area is 94.0 Å². The molecule has 0 bridgehead atoms. The molecular weight excluding hydrogens is 214 g/mol. The lowest BCUT2D eigenvalue weighted by Crippen LogP contribution is -1.89. The molecule has 0 saturated heterocycles. The molecule has 0 radical (unpaired) electrons. The van der Waals surface area contributed by atoms with Gasteiger partial charge in [-0.15, -0.1) is 11.8 Å². The molecule has 1 aliphatic rings. The Morgan fingerprint density at radius 3 is 2.93 bits per heavy atom. The molecule has 1 aromatic rings. The van der Waals surface area contributed by atoms with E-state index < -0.39 is 0 Å². The summed E-state index contributed by atoms with van der Waals surface area (Å²) in [4.78, 5) is 1.12. The van der Waals surface area contributed by atoms with Crippen molar-refractivity contribution in [2.24, 2.45) is 5.92 Å². The summed E-state index contributed by atoms with van der Waals surface area (Å²) in [5.41, 5.74) is 6.69. The minimum absolute atomic E-state index is 0.771. The van der Waals surface area contributed by atoms with Gasteiger partial charge in [-0.25, -0.2) is 0 Å². The average molecular weight is 228 g/mol. The van der Waals surface area contributed by atoms with E-state index in [4.69, 9.17) is 17.3 Å². The highest BCUT2D eigenvalue weighted by molar-refractivity contribution is 7.99. The number of nitrogen functional groups attached to an aromatic ring is 1. The zero-order valence-corrected chi connectivity index (χ0v) is 9.57. The molecule has 1 fully saturated rings. The summed E-state index contributed by atoms with van der Waals surface area (Å²) in [5, 5.41) is 0.771. The Morgan fingerprint density at radius 1 is 1.43 bits per heavy atom. The second-order valence-corrected chi connectivity index (χ2v) is 5.34. The highest BCUT2D eigenvalue weighted by Gasteiger charge is 2.20. The third-order valence-electron chi connectivity index (χ3n) is 2.46. The maximum absolute atomic E-state index is 5.90. The standard InChI is InChI=1S/C11H14ClNS/c12-9-3-4-10(13)11(7-9)14-6-5-8-1-2-8/h3-4,7-8H,1-2,5-6,13H2. The maximum atomic E-state index is 5.90. The molecule has 0 aromatic heterocycles. The van der Waals surface area contributed by atoms with Crippen molar-refractivity contribution in [1.29, 1.82) is 0 Å². The van der Waals surface area contributed by atoms with Gasteiger partial charge in [0.25, 0.3) is 0 Å². The Morgan fingerprint density at radius 2 is 2.21 bits per heavy atom. The second kappa shape index (κ2) is 4.45. The normalized spacial score (nSPS) is 15.8. The number of hydrogen-bond donors (Lipinski definition) is 1. The van der Waals surface area contributed by atoms with Crippen LogP contribution >= 0.6 is 23.4 Å². The summed E-state index contributed by atoms with van der Waals surface area (Å²) < 4.78 is 0. The molecule has 14 heavy (non-hydrogen) atoms. The topological polar surface area (TPSA) is 26.0 Å². The second-order valence-electron chi connectivity index (χ2n) is 3.76. The third-order valence-corrected chi connectivity index (χ3v) is 3.80. The summed E-state index contributed by atoms with van der Waals surface area (Å²) in [7, 11) is 0. The Balaban J connectivity index is 1.89. The molecule has 0 unspecified atom stereocenters. The third kappa shape index (κ3) is 2.82. The van der Waals surface area contributed by atoms with Crippen molar-refractivity contribution in [3.8, 4) is 0 Å². The molecule has 1 aromatic carbocycles. The fraction of sp³-hybridized carbons (Fsp3) is 0.455. The first-order valence-corrected chi connectivity index (χ1v) is 6.30. The van der Waals surface area contributed by atoms with Crippen LogP contribution in [0.3, 0.4) is 0 Å². The highest BCUT2D eigenvalue weighted by Crippen LogP contribution is 2.36. The van der Waals surface area contributed by atoms with Gasteiger partial charge in [-0.2, -0.15) is 0 Å². The lowest BCUT2D eigenvalue weighted by Gasteiger charge is -2.05. The van der Waals surface area contributed by atoms with E-state index in [-0.39, 0.29) is 0 Å². The van der Waals surface area contributed by atoms with Gasteiger partial charge in [0.05, 0.1) is 0 Å². The number of rotatable bonds is 4. The fourth-order valence-electron chi connectivity index (χ4n) is 1.38. The lowest BCUT2D eigenvalue weighted by atomic mass is 10.3. The molecule has 0 heterocycles. The Hall–Kier alpha value is -0.340. The number of nitrogens with two attached hydrogens (primary N) is 1. The Bertz CT molecular complexity index is 323. The van der Waals surface area contributed by atoms with E-state index in [0.717, 1.165) is 27.3 Å². The predicted octanol–water partition coefficient (Wildman–Crippen LogP) is 3.81. The molecule has 2 rings (SSSR count). The minimum atomic E-state index is 0.771. The molecule has 2 N–H and O–H groups in total. The molecule has 1 nitrogen and oxygen atoms in total. The maximum Gasteiger partial charge on any atom is 0.0453 e. The lowest BCUT2D eigenvalue weighted by molar-refractivity contribution is 0.809. The van der Waals surface area contributed by atoms with E-state index in [1.54, 1.807) is 0 Å². The first-order valence-electron chi connectivity index (χ1n) is 4.93. The molecule has 0 aliphatic heterocycles. The number of hydrogen-bond acceptors (Lipinski definition) is 2. The van der Waals surface area contributed by atoms with Crippen molar-refractivity contribution in [3.05, 3.63) is 23.2 Å². The van der Waals surface area contributed by atoms with Gasteiger partial charge in [-0.3, -0.25) is 0 Å². The average Bonchev–Trinajstić information content (AvgIpc) is 2.95. The van der Waals surface area contributed by atoms with E-state index in [1.165, 1.54) is 19.3 Å². The first kappa shape index (κ1) is 10.2. The first-order chi connectivity index (χ1) is 6.75. The van der Waals surface area contributed by atoms with Crippen LogP contribution in [0.25, 0.3) is 0 Å². The zero-order chi connectivity index (χ0) is 9.97. The van der Waals surface area contributed by atoms with Crippen LogP contribution in [0.15, 0.2) is 23.1 Å². The van der Waals surface area contributed by atoms with Crippen LogP contribution in [-0.4, -0.2) is 5.75 Å². The van der Waals surface area contributed by atoms with Crippen LogP contribution in [0.5, 0.6) is 0 Å². The predicted molar refractivity (Wildman–Crippen MR) is 63.9 cm³/mol. The number of benzene rings is 1. The zero-order valence-electron chi connectivity index (χ0n) is 8.00. The van der Waals surface area contributed by atoms with E-state index >= 15 is 0 Å². The van der Waals surface area contributed by atoms with E-state index in [2.05, 4.69) is 0 Å². The van der Waals surface area contributed by atoms with Crippen molar-refractivity contribution in [3.63, 3.8) is 0 Å². The van der Waals surface area contributed by atoms with E-state index in [1.807, 2.05) is 30.0 Å². The molecule has 1 aliphatic carbocycles. The van der Waals surface area contributed by atoms with E-state index in [0.29, 0.717) is 0 Å². The van der Waals surface area contributed by atoms with E-state index in [9.17, 15) is 0 Å². The largest absolute Gasteiger partial charge is 0.398 e. The van der Waals surface area contributed by atoms with Crippen LogP contribution in [0.2, 0.25) is 5.02 Å². The van der Waals surface area contributed by atoms with Gasteiger partial charge in [0.15, 0.2) is 0 Å². The summed E-state index contributed by atoms with van der Waals surface area (Å²) in [6.45, 7) is 0. The van der Waals surface area contributed by atoms with Gasteiger partial charge in [-0.05, 0) is 36.3 Å². The quantitative estimate of drug-likeness (QED) is 0.625. The molecule has 1 saturated carbocycles. The molecule has 76 valence electrons. The fourth-order valence-corrected chi connectivity index (χ4v) is 2.73. The summed E-state index contributed by atoms with van der Waals surface area (Å²) in [6.07, 6.45) is 4.16. The molecule has 0 atom stereocenters. The summed E-state index contributed by atoms with van der Waals surface area (Å²) in [6, 6.07) is 5.66. The van der Waals surface area contributed by atoms with Crippen molar-refractivity contribution < 1.29 is 0 Å². The molecular formula is C11H14ClNS. The van der Waals surface area contributed by atoms with Crippen molar-refractivity contribution in [2.75, 3.05) is 11.5 Å². The molecule has 0 amide bonds. The van der Waals surface area contributed by atoms with Gasteiger partial charge in [0, 0.05) is 15.6 Å². The number of anilines is 1. The monoisotopic (exact) mass is 227 g/mol. The van der Waals surface area contributed by atoms with Gasteiger partial charge in [0.2, 0.25) is 0 Å². The van der Waals surface area contributed by atoms with Crippen LogP contribution in [-0.2, 0) is 0 Å². The van der Waals surface area contributed by atoms with Gasteiger partial charge in [0.1, 0.15) is 0 Å². The number of thioether (sulfide) groups is 1. The van der Waals surface area contributed by atoms with Crippen molar-refractivity contribution in [2.45, 2.75) is 24.2 Å². The molecule has 0 spiro atoms. The van der Waals surface area contributed by atoms with Crippen molar-refractivity contribution >= 4 is 29.1 Å². The van der Waals surface area contributed by atoms with Crippen LogP contribution in [0.1, 0.15) is 19.3 Å². The Kier molecular flexibility index (Phi) is 3.24. The minimum Gasteiger partial charge on any atom is -0.398 e. The van der Waals surface area contributed by atoms with Crippen LogP contribution in [0, 0.1) is 5.92 Å². The smallest absolute Gasteiger partial charge is 0.0453 e. The van der Waals surface area contributed by atoms with Crippen molar-refractivity contribution in [1.82, 2.24) is 0 Å². The molecule has 3 heteroatoms. The van der Waals surface area contributed by atoms with Gasteiger partial charge in [-0.1, -0.05) is 24.4 Å².